The van der Waals surface area contributed by atoms with Crippen molar-refractivity contribution in [3.8, 4) is 5.75 Å². The van der Waals surface area contributed by atoms with E-state index in [1.165, 1.54) is 0 Å². The maximum atomic E-state index is 8.98. The second-order valence-corrected chi connectivity index (χ2v) is 3.20. The quantitative estimate of drug-likeness (QED) is 0.673. The van der Waals surface area contributed by atoms with E-state index in [1.807, 2.05) is 0 Å². The third kappa shape index (κ3) is 2.82. The third-order valence-electron chi connectivity index (χ3n) is 1.42. The molecular formula is C10H13NO. The van der Waals surface area contributed by atoms with Crippen LogP contribution in [0.4, 0.5) is 5.69 Å². The molecule has 1 aromatic rings. The highest BCUT2D eigenvalue weighted by molar-refractivity contribution is 5.38. The smallest absolute Gasteiger partial charge is 0.119 e. The van der Waals surface area contributed by atoms with Gasteiger partial charge in [0.2, 0.25) is 0 Å². The van der Waals surface area contributed by atoms with Gasteiger partial charge in [-0.1, -0.05) is 13.8 Å². The lowest BCUT2D eigenvalue weighted by Crippen LogP contribution is -2.04. The highest BCUT2D eigenvalue weighted by Gasteiger charge is 1.96. The molecule has 0 N–H and O–H groups in total. The molecule has 2 radical (unpaired) electrons. The van der Waals surface area contributed by atoms with Crippen molar-refractivity contribution in [3.63, 3.8) is 0 Å². The van der Waals surface area contributed by atoms with Crippen LogP contribution in [0.1, 0.15) is 13.8 Å². The summed E-state index contributed by atoms with van der Waals surface area (Å²) in [7, 11) is 0. The molecule has 1 rings (SSSR count). The van der Waals surface area contributed by atoms with E-state index in [-0.39, 0.29) is 5.69 Å². The van der Waals surface area contributed by atoms with Crippen LogP contribution < -0.4 is 10.5 Å². The summed E-state index contributed by atoms with van der Waals surface area (Å²) in [5.74, 6) is 1.33. The van der Waals surface area contributed by atoms with Crippen molar-refractivity contribution in [2.24, 2.45) is 5.92 Å². The molecule has 0 unspecified atom stereocenters. The Balaban J connectivity index is 2.48. The molecule has 0 bridgehead atoms. The van der Waals surface area contributed by atoms with Gasteiger partial charge in [0.05, 0.1) is 12.3 Å². The molecule has 1 aromatic carbocycles. The van der Waals surface area contributed by atoms with E-state index in [1.54, 1.807) is 24.3 Å². The van der Waals surface area contributed by atoms with E-state index in [0.29, 0.717) is 12.5 Å². The van der Waals surface area contributed by atoms with Gasteiger partial charge in [-0.15, -0.1) is 0 Å². The maximum absolute atomic E-state index is 8.98. The highest BCUT2D eigenvalue weighted by Crippen LogP contribution is 2.14. The molecule has 0 atom stereocenters. The molecule has 2 heteroatoms. The first-order valence-corrected chi connectivity index (χ1v) is 4.10. The number of ether oxygens (including phenoxy) is 1. The molecule has 0 aliphatic heterocycles. The molecule has 0 aromatic heterocycles. The molecular weight excluding hydrogens is 150 g/mol. The Labute approximate surface area is 73.3 Å². The topological polar surface area (TPSA) is 31.5 Å². The Morgan fingerprint density at radius 3 is 2.33 bits per heavy atom. The van der Waals surface area contributed by atoms with Crippen molar-refractivity contribution in [1.82, 2.24) is 5.73 Å². The van der Waals surface area contributed by atoms with E-state index in [0.717, 1.165) is 5.75 Å². The molecule has 0 aliphatic rings. The fraction of sp³-hybridized carbons (Fsp3) is 0.400. The summed E-state index contributed by atoms with van der Waals surface area (Å²) in [5.41, 5.74) is 9.25. The normalized spacial score (nSPS) is 10.2. The van der Waals surface area contributed by atoms with Gasteiger partial charge < -0.3 is 4.74 Å². The van der Waals surface area contributed by atoms with Crippen molar-refractivity contribution in [1.29, 1.82) is 0 Å². The first-order chi connectivity index (χ1) is 5.68. The lowest BCUT2D eigenvalue weighted by Gasteiger charge is -2.07. The molecule has 0 spiro atoms. The van der Waals surface area contributed by atoms with E-state index in [4.69, 9.17) is 10.5 Å². The Hall–Kier alpha value is -1.18. The second-order valence-electron chi connectivity index (χ2n) is 3.20. The number of hydrogen-bond acceptors (Lipinski definition) is 1. The Kier molecular flexibility index (Phi) is 2.97. The zero-order chi connectivity index (χ0) is 8.97. The van der Waals surface area contributed by atoms with Gasteiger partial charge in [-0.2, -0.15) is 5.73 Å². The summed E-state index contributed by atoms with van der Waals surface area (Å²) >= 11 is 0. The first kappa shape index (κ1) is 8.91. The fourth-order valence-corrected chi connectivity index (χ4v) is 0.805. The Morgan fingerprint density at radius 1 is 1.25 bits per heavy atom. The average Bonchev–Trinajstić information content (AvgIpc) is 2.03. The van der Waals surface area contributed by atoms with Crippen LogP contribution in [-0.4, -0.2) is 6.61 Å². The summed E-state index contributed by atoms with van der Waals surface area (Å²) in [4.78, 5) is 0. The molecule has 0 aliphatic carbocycles. The van der Waals surface area contributed by atoms with E-state index in [9.17, 15) is 0 Å². The van der Waals surface area contributed by atoms with Crippen molar-refractivity contribution in [3.05, 3.63) is 24.3 Å². The summed E-state index contributed by atoms with van der Waals surface area (Å²) < 4.78 is 5.41. The second kappa shape index (κ2) is 4.00. The van der Waals surface area contributed by atoms with Crippen LogP contribution in [0.3, 0.4) is 0 Å². The standard InChI is InChI=1S/C10H13NO/c1-8(2)7-12-10-5-3-9(11)4-6-10/h3-6,8H,7H2,1-2H3. The zero-order valence-electron chi connectivity index (χ0n) is 7.45. The molecule has 64 valence electrons. The monoisotopic (exact) mass is 163 g/mol. The SMILES string of the molecule is CC(C)COc1ccc([N])cc1. The van der Waals surface area contributed by atoms with Crippen LogP contribution in [0.15, 0.2) is 24.3 Å². The third-order valence-corrected chi connectivity index (χ3v) is 1.42. The first-order valence-electron chi connectivity index (χ1n) is 4.10. The maximum Gasteiger partial charge on any atom is 0.119 e. The summed E-state index contributed by atoms with van der Waals surface area (Å²) in [6, 6.07) is 6.76. The van der Waals surface area contributed by atoms with Gasteiger partial charge in [-0.3, -0.25) is 0 Å². The summed E-state index contributed by atoms with van der Waals surface area (Å²) in [6.45, 7) is 4.91. The van der Waals surface area contributed by atoms with Gasteiger partial charge in [-0.05, 0) is 30.2 Å². The van der Waals surface area contributed by atoms with Crippen molar-refractivity contribution < 1.29 is 4.74 Å². The molecule has 0 saturated carbocycles. The minimum Gasteiger partial charge on any atom is -0.493 e. The largest absolute Gasteiger partial charge is 0.493 e. The van der Waals surface area contributed by atoms with Gasteiger partial charge in [0, 0.05) is 0 Å². The van der Waals surface area contributed by atoms with Crippen LogP contribution in [0.2, 0.25) is 0 Å². The van der Waals surface area contributed by atoms with Crippen LogP contribution >= 0.6 is 0 Å². The van der Waals surface area contributed by atoms with E-state index < -0.39 is 0 Å². The Bertz CT molecular complexity index is 228. The van der Waals surface area contributed by atoms with Gasteiger partial charge >= 0.3 is 0 Å². The molecule has 0 saturated heterocycles. The van der Waals surface area contributed by atoms with E-state index >= 15 is 0 Å². The molecule has 12 heavy (non-hydrogen) atoms. The lowest BCUT2D eigenvalue weighted by atomic mass is 10.2. The predicted molar refractivity (Wildman–Crippen MR) is 48.6 cm³/mol. The van der Waals surface area contributed by atoms with Gasteiger partial charge in [-0.25, -0.2) is 0 Å². The average molecular weight is 163 g/mol. The van der Waals surface area contributed by atoms with E-state index in [2.05, 4.69) is 13.8 Å². The van der Waals surface area contributed by atoms with Gasteiger partial charge in [0.1, 0.15) is 5.75 Å². The minimum absolute atomic E-state index is 0.270. The Morgan fingerprint density at radius 2 is 1.83 bits per heavy atom. The van der Waals surface area contributed by atoms with Crippen molar-refractivity contribution in [2.45, 2.75) is 13.8 Å². The van der Waals surface area contributed by atoms with Crippen molar-refractivity contribution >= 4 is 5.69 Å². The molecule has 0 amide bonds. The highest BCUT2D eigenvalue weighted by atomic mass is 16.5. The summed E-state index contributed by atoms with van der Waals surface area (Å²) in [6.07, 6.45) is 0. The molecule has 0 heterocycles. The number of hydrogen-bond donors (Lipinski definition) is 0. The fourth-order valence-electron chi connectivity index (χ4n) is 0.805. The zero-order valence-corrected chi connectivity index (χ0v) is 7.45. The number of nitrogens with zero attached hydrogens (tertiary/aromatic N) is 1. The van der Waals surface area contributed by atoms with Crippen LogP contribution in [0, 0.1) is 5.92 Å². The number of benzene rings is 1. The van der Waals surface area contributed by atoms with Crippen molar-refractivity contribution in [2.75, 3.05) is 6.61 Å². The molecule has 0 fully saturated rings. The minimum atomic E-state index is 0.270. The number of rotatable bonds is 3. The lowest BCUT2D eigenvalue weighted by molar-refractivity contribution is 0.271. The van der Waals surface area contributed by atoms with Crippen LogP contribution in [0.5, 0.6) is 5.75 Å². The van der Waals surface area contributed by atoms with Crippen LogP contribution in [0.25, 0.3) is 0 Å². The molecule has 2 nitrogen and oxygen atoms in total. The predicted octanol–water partition coefficient (Wildman–Crippen LogP) is 2.42. The van der Waals surface area contributed by atoms with Gasteiger partial charge in [0.15, 0.2) is 0 Å². The summed E-state index contributed by atoms with van der Waals surface area (Å²) in [5, 5.41) is 0. The van der Waals surface area contributed by atoms with Crippen LogP contribution in [-0.2, 0) is 0 Å². The van der Waals surface area contributed by atoms with Gasteiger partial charge in [0.25, 0.3) is 0 Å².